The summed E-state index contributed by atoms with van der Waals surface area (Å²) in [6.45, 7) is 0.803. The molecule has 9 heteroatoms. The quantitative estimate of drug-likeness (QED) is 0.479. The monoisotopic (exact) mass is 437 g/mol. The number of halogens is 1. The lowest BCUT2D eigenvalue weighted by Gasteiger charge is -2.10. The molecule has 1 aliphatic carbocycles. The maximum atomic E-state index is 12.8. The predicted octanol–water partition coefficient (Wildman–Crippen LogP) is 4.16. The number of aromatic nitrogens is 2. The number of fused-ring (bicyclic) bond motifs is 2. The summed E-state index contributed by atoms with van der Waals surface area (Å²) < 4.78 is 5.22. The third-order valence-electron chi connectivity index (χ3n) is 5.55. The Morgan fingerprint density at radius 2 is 1.94 bits per heavy atom. The molecule has 0 saturated heterocycles. The zero-order valence-electron chi connectivity index (χ0n) is 16.5. The first-order chi connectivity index (χ1) is 15.0. The lowest BCUT2D eigenvalue weighted by molar-refractivity contribution is 0.102. The van der Waals surface area contributed by atoms with E-state index >= 15 is 0 Å². The number of anilines is 2. The van der Waals surface area contributed by atoms with Crippen LogP contribution in [0.4, 0.5) is 16.3 Å². The molecule has 0 unspecified atom stereocenters. The van der Waals surface area contributed by atoms with Crippen LogP contribution in [0.3, 0.4) is 0 Å². The third kappa shape index (κ3) is 3.99. The van der Waals surface area contributed by atoms with Gasteiger partial charge in [-0.25, -0.2) is 4.79 Å². The van der Waals surface area contributed by atoms with Crippen molar-refractivity contribution in [3.8, 4) is 0 Å². The fraction of sp³-hybridized carbons (Fsp3) is 0.227. The molecule has 3 aromatic rings. The maximum Gasteiger partial charge on any atom is 0.411 e. The van der Waals surface area contributed by atoms with Crippen LogP contribution in [0.2, 0.25) is 5.02 Å². The Balaban J connectivity index is 1.25. The van der Waals surface area contributed by atoms with E-state index in [2.05, 4.69) is 26.1 Å². The topological polar surface area (TPSA) is 108 Å². The molecule has 1 aromatic heterocycles. The van der Waals surface area contributed by atoms with E-state index in [9.17, 15) is 9.59 Å². The van der Waals surface area contributed by atoms with Crippen LogP contribution in [-0.2, 0) is 23.4 Å². The minimum absolute atomic E-state index is 0.0125. The van der Waals surface area contributed by atoms with Crippen LogP contribution in [-0.4, -0.2) is 22.2 Å². The molecule has 0 bridgehead atoms. The molecule has 1 fully saturated rings. The molecular formula is C22H20ClN5O3. The van der Waals surface area contributed by atoms with Crippen LogP contribution >= 0.6 is 11.6 Å². The largest absolute Gasteiger partial charge is 0.444 e. The number of nitrogens with zero attached hydrogens (tertiary/aromatic N) is 1. The van der Waals surface area contributed by atoms with Crippen LogP contribution in [0.1, 0.15) is 40.0 Å². The van der Waals surface area contributed by atoms with Gasteiger partial charge in [-0.15, -0.1) is 0 Å². The van der Waals surface area contributed by atoms with Crippen molar-refractivity contribution in [1.82, 2.24) is 15.5 Å². The van der Waals surface area contributed by atoms with E-state index < -0.39 is 6.09 Å². The Bertz CT molecular complexity index is 1160. The van der Waals surface area contributed by atoms with E-state index in [-0.39, 0.29) is 18.1 Å². The number of carbonyl (C=O) groups is 2. The normalized spacial score (nSPS) is 15.4. The van der Waals surface area contributed by atoms with Gasteiger partial charge in [0.05, 0.1) is 11.2 Å². The van der Waals surface area contributed by atoms with Gasteiger partial charge >= 0.3 is 6.09 Å². The Morgan fingerprint density at radius 1 is 1.13 bits per heavy atom. The Hall–Kier alpha value is -3.36. The first-order valence-corrected chi connectivity index (χ1v) is 10.3. The standard InChI is InChI=1S/C22H20ClN5O3/c23-15-8-14(9-16(10-15)25-21(30)31-12-13-4-2-1-3-5-13)20(29)26-19-17-11-24-22(6-7-22)18(17)27-28-19/h1-5,8-10,24H,6-7,11-12H2,(H,25,30)(H2,26,27,28,29). The summed E-state index contributed by atoms with van der Waals surface area (Å²) in [7, 11) is 0. The predicted molar refractivity (Wildman–Crippen MR) is 116 cm³/mol. The second kappa shape index (κ2) is 7.72. The summed E-state index contributed by atoms with van der Waals surface area (Å²) in [6.07, 6.45) is 1.50. The van der Waals surface area contributed by atoms with Crippen LogP contribution in [0.5, 0.6) is 0 Å². The molecule has 1 spiro atoms. The van der Waals surface area contributed by atoms with Crippen molar-refractivity contribution in [2.75, 3.05) is 10.6 Å². The molecule has 5 rings (SSSR count). The van der Waals surface area contributed by atoms with Crippen LogP contribution < -0.4 is 16.0 Å². The highest BCUT2D eigenvalue weighted by Crippen LogP contribution is 2.50. The molecule has 158 valence electrons. The number of rotatable bonds is 5. The summed E-state index contributed by atoms with van der Waals surface area (Å²) in [6, 6.07) is 14.0. The lowest BCUT2D eigenvalue weighted by atomic mass is 10.1. The van der Waals surface area contributed by atoms with Crippen molar-refractivity contribution in [3.05, 3.63) is 75.9 Å². The molecule has 1 saturated carbocycles. The number of carbonyl (C=O) groups excluding carboxylic acids is 2. The third-order valence-corrected chi connectivity index (χ3v) is 5.77. The average Bonchev–Trinajstić information content (AvgIpc) is 3.30. The second-order valence-electron chi connectivity index (χ2n) is 7.73. The zero-order valence-corrected chi connectivity index (χ0v) is 17.3. The van der Waals surface area contributed by atoms with E-state index in [0.29, 0.717) is 28.6 Å². The van der Waals surface area contributed by atoms with E-state index in [1.165, 1.54) is 6.07 Å². The van der Waals surface area contributed by atoms with Crippen LogP contribution in [0.25, 0.3) is 0 Å². The van der Waals surface area contributed by atoms with E-state index in [4.69, 9.17) is 16.3 Å². The lowest BCUT2D eigenvalue weighted by Crippen LogP contribution is -2.21. The number of hydrogen-bond acceptors (Lipinski definition) is 5. The number of nitrogens with one attached hydrogen (secondary N) is 4. The average molecular weight is 438 g/mol. The summed E-state index contributed by atoms with van der Waals surface area (Å²) in [5.41, 5.74) is 3.58. The molecule has 2 aromatic carbocycles. The highest BCUT2D eigenvalue weighted by molar-refractivity contribution is 6.31. The number of benzene rings is 2. The molecule has 31 heavy (non-hydrogen) atoms. The molecular weight excluding hydrogens is 418 g/mol. The Labute approximate surface area is 183 Å². The van der Waals surface area contributed by atoms with Gasteiger partial charge < -0.3 is 15.4 Å². The second-order valence-corrected chi connectivity index (χ2v) is 8.17. The van der Waals surface area contributed by atoms with Crippen molar-refractivity contribution in [2.24, 2.45) is 0 Å². The van der Waals surface area contributed by atoms with Crippen molar-refractivity contribution < 1.29 is 14.3 Å². The molecule has 0 atom stereocenters. The van der Waals surface area contributed by atoms with Gasteiger partial charge in [-0.1, -0.05) is 41.9 Å². The minimum Gasteiger partial charge on any atom is -0.444 e. The van der Waals surface area contributed by atoms with Gasteiger partial charge in [0, 0.05) is 28.4 Å². The molecule has 0 radical (unpaired) electrons. The van der Waals surface area contributed by atoms with E-state index in [0.717, 1.165) is 29.7 Å². The summed E-state index contributed by atoms with van der Waals surface area (Å²) >= 11 is 6.17. The Morgan fingerprint density at radius 3 is 2.71 bits per heavy atom. The maximum absolute atomic E-state index is 12.8. The van der Waals surface area contributed by atoms with Crippen molar-refractivity contribution in [1.29, 1.82) is 0 Å². The van der Waals surface area contributed by atoms with Gasteiger partial charge in [0.15, 0.2) is 5.82 Å². The fourth-order valence-corrected chi connectivity index (χ4v) is 4.02. The zero-order chi connectivity index (χ0) is 21.4. The number of hydrogen-bond donors (Lipinski definition) is 4. The first-order valence-electron chi connectivity index (χ1n) is 9.95. The number of ether oxygens (including phenoxy) is 1. The van der Waals surface area contributed by atoms with Crippen LogP contribution in [0.15, 0.2) is 48.5 Å². The molecule has 8 nitrogen and oxygen atoms in total. The van der Waals surface area contributed by atoms with E-state index in [1.54, 1.807) is 12.1 Å². The van der Waals surface area contributed by atoms with Gasteiger partial charge in [0.1, 0.15) is 6.61 Å². The van der Waals surface area contributed by atoms with Crippen molar-refractivity contribution in [2.45, 2.75) is 31.5 Å². The number of aromatic amines is 1. The van der Waals surface area contributed by atoms with Gasteiger partial charge in [-0.2, -0.15) is 5.10 Å². The highest BCUT2D eigenvalue weighted by Gasteiger charge is 2.51. The highest BCUT2D eigenvalue weighted by atomic mass is 35.5. The Kier molecular flexibility index (Phi) is 4.88. The van der Waals surface area contributed by atoms with E-state index in [1.807, 2.05) is 30.3 Å². The van der Waals surface area contributed by atoms with Crippen molar-refractivity contribution >= 4 is 35.1 Å². The van der Waals surface area contributed by atoms with Gasteiger partial charge in [-0.05, 0) is 36.6 Å². The molecule has 4 N–H and O–H groups in total. The fourth-order valence-electron chi connectivity index (χ4n) is 3.78. The minimum atomic E-state index is -0.636. The van der Waals surface area contributed by atoms with Gasteiger partial charge in [-0.3, -0.25) is 15.2 Å². The van der Waals surface area contributed by atoms with Crippen LogP contribution in [0, 0.1) is 0 Å². The SMILES string of the molecule is O=C(Nc1cc(Cl)cc(C(=O)Nc2n[nH]c3c2CNC32CC2)c1)OCc1ccccc1. The summed E-state index contributed by atoms with van der Waals surface area (Å²) in [5, 5.41) is 16.5. The summed E-state index contributed by atoms with van der Waals surface area (Å²) in [5.74, 6) is 0.141. The smallest absolute Gasteiger partial charge is 0.411 e. The van der Waals surface area contributed by atoms with Crippen molar-refractivity contribution in [3.63, 3.8) is 0 Å². The molecule has 2 amide bonds. The molecule has 2 heterocycles. The first kappa shape index (κ1) is 19.6. The molecule has 2 aliphatic rings. The van der Waals surface area contributed by atoms with Gasteiger partial charge in [0.2, 0.25) is 0 Å². The summed E-state index contributed by atoms with van der Waals surface area (Å²) in [4.78, 5) is 24.9. The number of H-pyrrole nitrogens is 1. The molecule has 1 aliphatic heterocycles. The number of amides is 2. The van der Waals surface area contributed by atoms with Gasteiger partial charge in [0.25, 0.3) is 5.91 Å².